The van der Waals surface area contributed by atoms with Gasteiger partial charge in [0.15, 0.2) is 0 Å². The van der Waals surface area contributed by atoms with E-state index in [2.05, 4.69) is 12.3 Å². The van der Waals surface area contributed by atoms with Gasteiger partial charge in [-0.3, -0.25) is 11.3 Å². The first-order chi connectivity index (χ1) is 7.29. The molecule has 0 bridgehead atoms. The SMILES string of the molecule is CC1CC(C(Cc2ccoc2)NN)CO1. The average molecular weight is 210 g/mol. The molecule has 4 heteroatoms. The molecule has 1 aliphatic heterocycles. The molecule has 1 fully saturated rings. The van der Waals surface area contributed by atoms with Gasteiger partial charge in [0.05, 0.1) is 25.2 Å². The van der Waals surface area contributed by atoms with Crippen LogP contribution in [0.4, 0.5) is 0 Å². The molecule has 2 heterocycles. The predicted octanol–water partition coefficient (Wildman–Crippen LogP) is 1.08. The van der Waals surface area contributed by atoms with E-state index >= 15 is 0 Å². The molecule has 0 amide bonds. The van der Waals surface area contributed by atoms with Crippen LogP contribution in [0.5, 0.6) is 0 Å². The lowest BCUT2D eigenvalue weighted by Crippen LogP contribution is -2.42. The van der Waals surface area contributed by atoms with Crippen molar-refractivity contribution in [1.82, 2.24) is 5.43 Å². The molecule has 0 radical (unpaired) electrons. The van der Waals surface area contributed by atoms with Gasteiger partial charge >= 0.3 is 0 Å². The minimum Gasteiger partial charge on any atom is -0.472 e. The van der Waals surface area contributed by atoms with Crippen LogP contribution >= 0.6 is 0 Å². The number of nitrogens with one attached hydrogen (secondary N) is 1. The first-order valence-electron chi connectivity index (χ1n) is 5.38. The number of ether oxygens (including phenoxy) is 1. The molecule has 3 atom stereocenters. The van der Waals surface area contributed by atoms with Crippen LogP contribution in [0.3, 0.4) is 0 Å². The van der Waals surface area contributed by atoms with Gasteiger partial charge in [0.25, 0.3) is 0 Å². The molecule has 84 valence electrons. The highest BCUT2D eigenvalue weighted by Crippen LogP contribution is 2.24. The monoisotopic (exact) mass is 210 g/mol. The van der Waals surface area contributed by atoms with Gasteiger partial charge < -0.3 is 9.15 Å². The summed E-state index contributed by atoms with van der Waals surface area (Å²) in [5, 5.41) is 0. The van der Waals surface area contributed by atoms with Crippen LogP contribution in [0.25, 0.3) is 0 Å². The first kappa shape index (κ1) is 10.7. The van der Waals surface area contributed by atoms with Crippen LogP contribution < -0.4 is 11.3 Å². The van der Waals surface area contributed by atoms with E-state index in [0.29, 0.717) is 12.0 Å². The van der Waals surface area contributed by atoms with Crippen LogP contribution in [0, 0.1) is 5.92 Å². The van der Waals surface area contributed by atoms with E-state index in [9.17, 15) is 0 Å². The zero-order valence-corrected chi connectivity index (χ0v) is 8.98. The third-order valence-corrected chi connectivity index (χ3v) is 3.05. The highest BCUT2D eigenvalue weighted by molar-refractivity contribution is 5.08. The Morgan fingerprint density at radius 1 is 1.67 bits per heavy atom. The Morgan fingerprint density at radius 3 is 3.07 bits per heavy atom. The van der Waals surface area contributed by atoms with Gasteiger partial charge in [0, 0.05) is 12.0 Å². The number of hydrogen-bond acceptors (Lipinski definition) is 4. The molecule has 0 spiro atoms. The molecule has 3 unspecified atom stereocenters. The van der Waals surface area contributed by atoms with Crippen molar-refractivity contribution in [3.8, 4) is 0 Å². The summed E-state index contributed by atoms with van der Waals surface area (Å²) in [6.07, 6.45) is 5.79. The Hall–Kier alpha value is -0.840. The quantitative estimate of drug-likeness (QED) is 0.576. The van der Waals surface area contributed by atoms with Crippen molar-refractivity contribution in [2.24, 2.45) is 11.8 Å². The minimum absolute atomic E-state index is 0.271. The Bertz CT molecular complexity index is 287. The molecule has 1 aliphatic rings. The van der Waals surface area contributed by atoms with Crippen LogP contribution in [0.15, 0.2) is 23.0 Å². The van der Waals surface area contributed by atoms with Crippen LogP contribution in [0.1, 0.15) is 18.9 Å². The lowest BCUT2D eigenvalue weighted by atomic mass is 9.93. The number of rotatable bonds is 4. The second kappa shape index (κ2) is 4.79. The summed E-state index contributed by atoms with van der Waals surface area (Å²) in [6.45, 7) is 2.90. The van der Waals surface area contributed by atoms with Gasteiger partial charge in [-0.2, -0.15) is 0 Å². The minimum atomic E-state index is 0.271. The fraction of sp³-hybridized carbons (Fsp3) is 0.636. The summed E-state index contributed by atoms with van der Waals surface area (Å²) in [4.78, 5) is 0. The standard InChI is InChI=1S/C11H18N2O2/c1-8-4-10(7-15-8)11(13-12)5-9-2-3-14-6-9/h2-3,6,8,10-11,13H,4-5,7,12H2,1H3. The Morgan fingerprint density at radius 2 is 2.53 bits per heavy atom. The third-order valence-electron chi connectivity index (χ3n) is 3.05. The second-order valence-corrected chi connectivity index (χ2v) is 4.25. The zero-order chi connectivity index (χ0) is 10.7. The molecule has 4 nitrogen and oxygen atoms in total. The van der Waals surface area contributed by atoms with E-state index in [1.165, 1.54) is 5.56 Å². The molecular weight excluding hydrogens is 192 g/mol. The summed E-state index contributed by atoms with van der Waals surface area (Å²) < 4.78 is 10.6. The van der Waals surface area contributed by atoms with Crippen molar-refractivity contribution in [2.75, 3.05) is 6.61 Å². The van der Waals surface area contributed by atoms with Gasteiger partial charge in [-0.1, -0.05) is 0 Å². The maximum absolute atomic E-state index is 5.58. The van der Waals surface area contributed by atoms with Crippen molar-refractivity contribution in [1.29, 1.82) is 0 Å². The van der Waals surface area contributed by atoms with Crippen molar-refractivity contribution in [3.63, 3.8) is 0 Å². The van der Waals surface area contributed by atoms with E-state index in [1.807, 2.05) is 6.07 Å². The molecule has 0 saturated carbocycles. The van der Waals surface area contributed by atoms with Crippen molar-refractivity contribution < 1.29 is 9.15 Å². The summed E-state index contributed by atoms with van der Waals surface area (Å²) in [5.41, 5.74) is 4.06. The summed E-state index contributed by atoms with van der Waals surface area (Å²) in [7, 11) is 0. The summed E-state index contributed by atoms with van der Waals surface area (Å²) >= 11 is 0. The van der Waals surface area contributed by atoms with Crippen LogP contribution in [0.2, 0.25) is 0 Å². The van der Waals surface area contributed by atoms with E-state index in [4.69, 9.17) is 15.0 Å². The van der Waals surface area contributed by atoms with Gasteiger partial charge in [-0.25, -0.2) is 0 Å². The van der Waals surface area contributed by atoms with Crippen molar-refractivity contribution >= 4 is 0 Å². The van der Waals surface area contributed by atoms with E-state index in [1.54, 1.807) is 12.5 Å². The molecule has 15 heavy (non-hydrogen) atoms. The Balaban J connectivity index is 1.92. The van der Waals surface area contributed by atoms with Crippen molar-refractivity contribution in [3.05, 3.63) is 24.2 Å². The highest BCUT2D eigenvalue weighted by Gasteiger charge is 2.29. The first-order valence-corrected chi connectivity index (χ1v) is 5.38. The second-order valence-electron chi connectivity index (χ2n) is 4.25. The number of furan rings is 1. The maximum atomic E-state index is 5.58. The molecule has 0 aliphatic carbocycles. The molecule has 3 N–H and O–H groups in total. The number of nitrogens with two attached hydrogens (primary N) is 1. The maximum Gasteiger partial charge on any atom is 0.0935 e. The Labute approximate surface area is 89.7 Å². The molecule has 1 aromatic heterocycles. The average Bonchev–Trinajstić information content (AvgIpc) is 2.85. The van der Waals surface area contributed by atoms with Crippen LogP contribution in [-0.2, 0) is 11.2 Å². The summed E-state index contributed by atoms with van der Waals surface area (Å²) in [6, 6.07) is 2.25. The number of hydrazine groups is 1. The Kier molecular flexibility index (Phi) is 3.41. The fourth-order valence-electron chi connectivity index (χ4n) is 2.16. The fourth-order valence-corrected chi connectivity index (χ4v) is 2.16. The molecule has 1 saturated heterocycles. The van der Waals surface area contributed by atoms with Gasteiger partial charge in [0.1, 0.15) is 0 Å². The lowest BCUT2D eigenvalue weighted by Gasteiger charge is -2.20. The van der Waals surface area contributed by atoms with E-state index in [0.717, 1.165) is 19.4 Å². The van der Waals surface area contributed by atoms with Gasteiger partial charge in [0.2, 0.25) is 0 Å². The molecule has 1 aromatic rings. The number of hydrogen-bond donors (Lipinski definition) is 2. The van der Waals surface area contributed by atoms with E-state index in [-0.39, 0.29) is 6.04 Å². The van der Waals surface area contributed by atoms with Gasteiger partial charge in [-0.15, -0.1) is 0 Å². The predicted molar refractivity (Wildman–Crippen MR) is 57.0 cm³/mol. The van der Waals surface area contributed by atoms with Crippen molar-refractivity contribution in [2.45, 2.75) is 31.9 Å². The smallest absolute Gasteiger partial charge is 0.0935 e. The van der Waals surface area contributed by atoms with E-state index < -0.39 is 0 Å². The van der Waals surface area contributed by atoms with Gasteiger partial charge in [-0.05, 0) is 31.4 Å². The molecular formula is C11H18N2O2. The zero-order valence-electron chi connectivity index (χ0n) is 8.98. The largest absolute Gasteiger partial charge is 0.472 e. The topological polar surface area (TPSA) is 60.4 Å². The van der Waals surface area contributed by atoms with Crippen LogP contribution in [-0.4, -0.2) is 18.8 Å². The molecule has 2 rings (SSSR count). The normalized spacial score (nSPS) is 28.1. The third kappa shape index (κ3) is 2.59. The molecule has 0 aromatic carbocycles. The highest BCUT2D eigenvalue weighted by atomic mass is 16.5. The summed E-state index contributed by atoms with van der Waals surface area (Å²) in [5.74, 6) is 6.08. The lowest BCUT2D eigenvalue weighted by molar-refractivity contribution is 0.117.